The second kappa shape index (κ2) is 5.82. The SMILES string of the molecule is Cc1cccc(NC(=O)c2cc(=O)n3c(nc4ccccc43)s2)c1C. The Kier molecular flexibility index (Phi) is 3.62. The average molecular weight is 349 g/mol. The first-order valence-corrected chi connectivity index (χ1v) is 8.65. The lowest BCUT2D eigenvalue weighted by Gasteiger charge is -2.10. The van der Waals surface area contributed by atoms with Crippen molar-refractivity contribution in [3.63, 3.8) is 0 Å². The number of hydrogen-bond acceptors (Lipinski definition) is 4. The molecule has 0 saturated carbocycles. The Hall–Kier alpha value is -2.99. The molecule has 1 N–H and O–H groups in total. The first kappa shape index (κ1) is 15.5. The van der Waals surface area contributed by atoms with E-state index in [0.29, 0.717) is 9.84 Å². The second-order valence-electron chi connectivity index (χ2n) is 5.87. The standard InChI is InChI=1S/C19H15N3O2S/c1-11-6-5-8-13(12(11)2)20-18(24)16-10-17(23)22-15-9-4-3-7-14(15)21-19(22)25-16/h3-10H,1-2H3,(H,20,24). The average Bonchev–Trinajstić information content (AvgIpc) is 2.97. The van der Waals surface area contributed by atoms with Crippen LogP contribution in [0.3, 0.4) is 0 Å². The van der Waals surface area contributed by atoms with E-state index in [1.165, 1.54) is 21.8 Å². The summed E-state index contributed by atoms with van der Waals surface area (Å²) in [6, 6.07) is 14.5. The van der Waals surface area contributed by atoms with Gasteiger partial charge in [-0.05, 0) is 43.2 Å². The molecule has 4 aromatic rings. The summed E-state index contributed by atoms with van der Waals surface area (Å²) in [4.78, 5) is 30.4. The number of rotatable bonds is 2. The minimum absolute atomic E-state index is 0.256. The number of imidazole rings is 1. The van der Waals surface area contributed by atoms with Crippen molar-refractivity contribution in [2.45, 2.75) is 13.8 Å². The highest BCUT2D eigenvalue weighted by atomic mass is 32.1. The molecule has 0 radical (unpaired) electrons. The van der Waals surface area contributed by atoms with Gasteiger partial charge in [-0.1, -0.05) is 35.6 Å². The maximum atomic E-state index is 12.6. The summed E-state index contributed by atoms with van der Waals surface area (Å²) in [5.74, 6) is -0.301. The largest absolute Gasteiger partial charge is 0.321 e. The highest BCUT2D eigenvalue weighted by molar-refractivity contribution is 7.18. The topological polar surface area (TPSA) is 63.5 Å². The molecule has 4 rings (SSSR count). The zero-order chi connectivity index (χ0) is 17.6. The van der Waals surface area contributed by atoms with Crippen LogP contribution < -0.4 is 10.9 Å². The summed E-state index contributed by atoms with van der Waals surface area (Å²) >= 11 is 1.20. The van der Waals surface area contributed by atoms with E-state index < -0.39 is 0 Å². The normalized spacial score (nSPS) is 11.1. The van der Waals surface area contributed by atoms with Crippen LogP contribution in [0.2, 0.25) is 0 Å². The second-order valence-corrected chi connectivity index (χ2v) is 6.88. The number of fused-ring (bicyclic) bond motifs is 3. The Morgan fingerprint density at radius 2 is 1.92 bits per heavy atom. The fourth-order valence-electron chi connectivity index (χ4n) is 2.77. The van der Waals surface area contributed by atoms with Crippen molar-refractivity contribution in [2.24, 2.45) is 0 Å². The van der Waals surface area contributed by atoms with Crippen LogP contribution in [-0.2, 0) is 0 Å². The zero-order valence-corrected chi connectivity index (χ0v) is 14.6. The van der Waals surface area contributed by atoms with Crippen molar-refractivity contribution >= 4 is 38.9 Å². The predicted molar refractivity (Wildman–Crippen MR) is 101 cm³/mol. The lowest BCUT2D eigenvalue weighted by molar-refractivity contribution is 0.103. The highest BCUT2D eigenvalue weighted by Gasteiger charge is 2.15. The number of anilines is 1. The lowest BCUT2D eigenvalue weighted by atomic mass is 10.1. The summed E-state index contributed by atoms with van der Waals surface area (Å²) in [6.45, 7) is 3.95. The number of aryl methyl sites for hydroxylation is 1. The number of carbonyl (C=O) groups is 1. The van der Waals surface area contributed by atoms with Gasteiger partial charge in [0.05, 0.1) is 11.0 Å². The minimum atomic E-state index is -0.301. The van der Waals surface area contributed by atoms with Gasteiger partial charge < -0.3 is 5.32 Å². The highest BCUT2D eigenvalue weighted by Crippen LogP contribution is 2.22. The Morgan fingerprint density at radius 1 is 1.12 bits per heavy atom. The van der Waals surface area contributed by atoms with E-state index in [1.807, 2.05) is 56.3 Å². The lowest BCUT2D eigenvalue weighted by Crippen LogP contribution is -2.17. The number of para-hydroxylation sites is 2. The molecule has 5 nitrogen and oxygen atoms in total. The van der Waals surface area contributed by atoms with Gasteiger partial charge in [-0.15, -0.1) is 0 Å². The molecule has 0 aliphatic carbocycles. The maximum absolute atomic E-state index is 12.6. The quantitative estimate of drug-likeness (QED) is 0.599. The van der Waals surface area contributed by atoms with Crippen molar-refractivity contribution in [1.29, 1.82) is 0 Å². The van der Waals surface area contributed by atoms with Crippen LogP contribution in [-0.4, -0.2) is 15.3 Å². The van der Waals surface area contributed by atoms with Gasteiger partial charge in [0.2, 0.25) is 0 Å². The van der Waals surface area contributed by atoms with Crippen LogP contribution in [0.1, 0.15) is 20.8 Å². The maximum Gasteiger partial charge on any atom is 0.266 e. The van der Waals surface area contributed by atoms with Gasteiger partial charge in [0, 0.05) is 11.8 Å². The van der Waals surface area contributed by atoms with Gasteiger partial charge in [0.25, 0.3) is 11.5 Å². The Bertz CT molecular complexity index is 1190. The molecular weight excluding hydrogens is 334 g/mol. The summed E-state index contributed by atoms with van der Waals surface area (Å²) in [5.41, 5.74) is 4.09. The number of nitrogens with one attached hydrogen (secondary N) is 1. The summed E-state index contributed by atoms with van der Waals surface area (Å²) in [6.07, 6.45) is 0. The third-order valence-corrected chi connectivity index (χ3v) is 5.26. The number of nitrogens with zero attached hydrogens (tertiary/aromatic N) is 2. The fraction of sp³-hybridized carbons (Fsp3) is 0.105. The molecule has 1 amide bonds. The molecular formula is C19H15N3O2S. The monoisotopic (exact) mass is 349 g/mol. The van der Waals surface area contributed by atoms with E-state index in [9.17, 15) is 9.59 Å². The molecule has 25 heavy (non-hydrogen) atoms. The van der Waals surface area contributed by atoms with E-state index >= 15 is 0 Å². The number of aromatic nitrogens is 2. The molecule has 2 aromatic carbocycles. The van der Waals surface area contributed by atoms with E-state index in [1.54, 1.807) is 0 Å². The third kappa shape index (κ3) is 2.60. The van der Waals surface area contributed by atoms with E-state index in [-0.39, 0.29) is 11.5 Å². The fourth-order valence-corrected chi connectivity index (χ4v) is 3.70. The van der Waals surface area contributed by atoms with E-state index in [2.05, 4.69) is 10.3 Å². The summed E-state index contributed by atoms with van der Waals surface area (Å²) in [5, 5.41) is 2.89. The Morgan fingerprint density at radius 3 is 2.76 bits per heavy atom. The van der Waals surface area contributed by atoms with Crippen molar-refractivity contribution in [3.8, 4) is 0 Å². The van der Waals surface area contributed by atoms with E-state index in [0.717, 1.165) is 27.8 Å². The molecule has 0 unspecified atom stereocenters. The van der Waals surface area contributed by atoms with Crippen LogP contribution >= 0.6 is 11.3 Å². The van der Waals surface area contributed by atoms with Gasteiger partial charge in [0.15, 0.2) is 4.96 Å². The van der Waals surface area contributed by atoms with Crippen molar-refractivity contribution in [3.05, 3.63) is 74.9 Å². The smallest absolute Gasteiger partial charge is 0.266 e. The number of amides is 1. The van der Waals surface area contributed by atoms with Crippen LogP contribution in [0, 0.1) is 13.8 Å². The molecule has 6 heteroatoms. The molecule has 0 bridgehead atoms. The van der Waals surface area contributed by atoms with Gasteiger partial charge in [-0.25, -0.2) is 4.98 Å². The molecule has 0 aliphatic rings. The molecule has 2 aromatic heterocycles. The number of benzene rings is 2. The minimum Gasteiger partial charge on any atom is -0.321 e. The van der Waals surface area contributed by atoms with Crippen molar-refractivity contribution < 1.29 is 4.79 Å². The summed E-state index contributed by atoms with van der Waals surface area (Å²) < 4.78 is 1.54. The molecule has 0 spiro atoms. The van der Waals surface area contributed by atoms with Crippen LogP contribution in [0.5, 0.6) is 0 Å². The van der Waals surface area contributed by atoms with Crippen LogP contribution in [0.15, 0.2) is 53.3 Å². The number of hydrogen-bond donors (Lipinski definition) is 1. The Balaban J connectivity index is 1.79. The van der Waals surface area contributed by atoms with Gasteiger partial charge in [-0.3, -0.25) is 14.0 Å². The third-order valence-electron chi connectivity index (χ3n) is 4.28. The predicted octanol–water partition coefficient (Wildman–Crippen LogP) is 3.78. The van der Waals surface area contributed by atoms with Crippen LogP contribution in [0.4, 0.5) is 5.69 Å². The molecule has 0 atom stereocenters. The zero-order valence-electron chi connectivity index (χ0n) is 13.7. The van der Waals surface area contributed by atoms with Gasteiger partial charge >= 0.3 is 0 Å². The van der Waals surface area contributed by atoms with Gasteiger partial charge in [0.1, 0.15) is 4.88 Å². The summed E-state index contributed by atoms with van der Waals surface area (Å²) in [7, 11) is 0. The molecule has 0 aliphatic heterocycles. The Labute approximate surface area is 147 Å². The molecule has 124 valence electrons. The molecule has 0 saturated heterocycles. The molecule has 0 fully saturated rings. The molecule has 2 heterocycles. The van der Waals surface area contributed by atoms with Crippen molar-refractivity contribution in [1.82, 2.24) is 9.38 Å². The van der Waals surface area contributed by atoms with E-state index in [4.69, 9.17) is 0 Å². The van der Waals surface area contributed by atoms with Crippen molar-refractivity contribution in [2.75, 3.05) is 5.32 Å². The number of carbonyl (C=O) groups excluding carboxylic acids is 1. The first-order chi connectivity index (χ1) is 12.0. The first-order valence-electron chi connectivity index (χ1n) is 7.83. The van der Waals surface area contributed by atoms with Gasteiger partial charge in [-0.2, -0.15) is 0 Å². The van der Waals surface area contributed by atoms with Crippen LogP contribution in [0.25, 0.3) is 16.0 Å².